The zero-order chi connectivity index (χ0) is 20.4. The standard InChI is InChI=1S/C18H25Cl2NO5S/c1-18(2,3)26-17(22)21-7-8-25-10-13(16(21)11-27(4,23)24)12-5-6-14(19)15(20)9-12/h5-6,9,13,16H,7-8,10-11H2,1-4H3. The highest BCUT2D eigenvalue weighted by molar-refractivity contribution is 7.90. The Morgan fingerprint density at radius 2 is 1.96 bits per heavy atom. The largest absolute Gasteiger partial charge is 0.444 e. The first kappa shape index (κ1) is 22.3. The minimum absolute atomic E-state index is 0.208. The fourth-order valence-electron chi connectivity index (χ4n) is 2.99. The van der Waals surface area contributed by atoms with Crippen molar-refractivity contribution in [3.05, 3.63) is 33.8 Å². The molecule has 1 aliphatic rings. The number of rotatable bonds is 3. The first-order chi connectivity index (χ1) is 12.4. The lowest BCUT2D eigenvalue weighted by Gasteiger charge is -2.35. The molecule has 1 fully saturated rings. The molecule has 6 nitrogen and oxygen atoms in total. The number of amides is 1. The van der Waals surface area contributed by atoms with Crippen molar-refractivity contribution >= 4 is 39.1 Å². The summed E-state index contributed by atoms with van der Waals surface area (Å²) < 4.78 is 35.4. The lowest BCUT2D eigenvalue weighted by molar-refractivity contribution is 0.0170. The van der Waals surface area contributed by atoms with Gasteiger partial charge in [-0.05, 0) is 38.5 Å². The van der Waals surface area contributed by atoms with Crippen LogP contribution >= 0.6 is 23.2 Å². The first-order valence-electron chi connectivity index (χ1n) is 8.57. The van der Waals surface area contributed by atoms with Gasteiger partial charge in [0.15, 0.2) is 0 Å². The summed E-state index contributed by atoms with van der Waals surface area (Å²) in [5.41, 5.74) is 0.0624. The van der Waals surface area contributed by atoms with Gasteiger partial charge in [-0.3, -0.25) is 0 Å². The van der Waals surface area contributed by atoms with Crippen molar-refractivity contribution in [1.82, 2.24) is 4.90 Å². The van der Waals surface area contributed by atoms with Crippen LogP contribution in [0, 0.1) is 0 Å². The predicted molar refractivity (Wildman–Crippen MR) is 106 cm³/mol. The summed E-state index contributed by atoms with van der Waals surface area (Å²) in [6.45, 7) is 6.09. The molecule has 9 heteroatoms. The normalized spacial score (nSPS) is 21.6. The summed E-state index contributed by atoms with van der Waals surface area (Å²) in [5.74, 6) is -0.593. The van der Waals surface area contributed by atoms with E-state index < -0.39 is 27.6 Å². The zero-order valence-electron chi connectivity index (χ0n) is 15.9. The Morgan fingerprint density at radius 1 is 1.30 bits per heavy atom. The van der Waals surface area contributed by atoms with E-state index in [-0.39, 0.29) is 31.4 Å². The smallest absolute Gasteiger partial charge is 0.410 e. The summed E-state index contributed by atoms with van der Waals surface area (Å²) in [4.78, 5) is 14.2. The first-order valence-corrected chi connectivity index (χ1v) is 11.4. The van der Waals surface area contributed by atoms with Gasteiger partial charge in [-0.15, -0.1) is 0 Å². The summed E-state index contributed by atoms with van der Waals surface area (Å²) in [6.07, 6.45) is 0.587. The second-order valence-corrected chi connectivity index (χ2v) is 10.7. The van der Waals surface area contributed by atoms with E-state index in [0.29, 0.717) is 10.0 Å². The Balaban J connectivity index is 2.45. The molecule has 2 unspecified atom stereocenters. The number of carbonyl (C=O) groups excluding carboxylic acids is 1. The summed E-state index contributed by atoms with van der Waals surface area (Å²) in [6, 6.07) is 4.47. The van der Waals surface area contributed by atoms with Gasteiger partial charge in [0.25, 0.3) is 0 Å². The summed E-state index contributed by atoms with van der Waals surface area (Å²) >= 11 is 12.1. The summed E-state index contributed by atoms with van der Waals surface area (Å²) in [7, 11) is -3.37. The van der Waals surface area contributed by atoms with Crippen molar-refractivity contribution in [2.45, 2.75) is 38.3 Å². The molecule has 2 atom stereocenters. The molecule has 27 heavy (non-hydrogen) atoms. The highest BCUT2D eigenvalue weighted by Gasteiger charge is 2.38. The second-order valence-electron chi connectivity index (χ2n) is 7.69. The van der Waals surface area contributed by atoms with Crippen LogP contribution in [-0.2, 0) is 19.3 Å². The monoisotopic (exact) mass is 437 g/mol. The Bertz CT molecular complexity index is 791. The Hall–Kier alpha value is -1.02. The maximum absolute atomic E-state index is 12.8. The van der Waals surface area contributed by atoms with Gasteiger partial charge in [-0.25, -0.2) is 13.2 Å². The maximum Gasteiger partial charge on any atom is 0.410 e. The van der Waals surface area contributed by atoms with Crippen molar-refractivity contribution in [2.75, 3.05) is 31.8 Å². The predicted octanol–water partition coefficient (Wildman–Crippen LogP) is 3.76. The average Bonchev–Trinajstić information content (AvgIpc) is 2.69. The van der Waals surface area contributed by atoms with Crippen LogP contribution in [0.15, 0.2) is 18.2 Å². The number of carbonyl (C=O) groups is 1. The van der Waals surface area contributed by atoms with Crippen LogP contribution in [0.3, 0.4) is 0 Å². The van der Waals surface area contributed by atoms with Crippen LogP contribution in [0.2, 0.25) is 10.0 Å². The minimum atomic E-state index is -3.37. The van der Waals surface area contributed by atoms with Crippen LogP contribution in [0.1, 0.15) is 32.3 Å². The molecule has 1 aliphatic heterocycles. The zero-order valence-corrected chi connectivity index (χ0v) is 18.2. The number of hydrogen-bond donors (Lipinski definition) is 0. The lowest BCUT2D eigenvalue weighted by atomic mass is 9.92. The van der Waals surface area contributed by atoms with Gasteiger partial charge >= 0.3 is 6.09 Å². The molecule has 0 spiro atoms. The van der Waals surface area contributed by atoms with Crippen LogP contribution < -0.4 is 0 Å². The molecule has 1 amide bonds. The molecule has 0 bridgehead atoms. The Labute approximate surface area is 170 Å². The van der Waals surface area contributed by atoms with Crippen molar-refractivity contribution in [3.63, 3.8) is 0 Å². The fourth-order valence-corrected chi connectivity index (χ4v) is 4.33. The molecule has 1 heterocycles. The third-order valence-electron chi connectivity index (χ3n) is 4.11. The number of nitrogens with zero attached hydrogens (tertiary/aromatic N) is 1. The van der Waals surface area contributed by atoms with E-state index in [1.54, 1.807) is 39.0 Å². The van der Waals surface area contributed by atoms with Gasteiger partial charge in [0.1, 0.15) is 15.4 Å². The molecule has 0 aliphatic carbocycles. The number of hydrogen-bond acceptors (Lipinski definition) is 5. The molecular formula is C18H25Cl2NO5S. The van der Waals surface area contributed by atoms with Crippen molar-refractivity contribution in [1.29, 1.82) is 0 Å². The van der Waals surface area contributed by atoms with E-state index in [0.717, 1.165) is 11.8 Å². The van der Waals surface area contributed by atoms with Crippen LogP contribution in [0.25, 0.3) is 0 Å². The van der Waals surface area contributed by atoms with Crippen LogP contribution in [0.5, 0.6) is 0 Å². The maximum atomic E-state index is 12.8. The number of sulfone groups is 1. The van der Waals surface area contributed by atoms with E-state index in [1.165, 1.54) is 4.90 Å². The third-order valence-corrected chi connectivity index (χ3v) is 5.80. The molecule has 1 aromatic carbocycles. The minimum Gasteiger partial charge on any atom is -0.444 e. The van der Waals surface area contributed by atoms with Gasteiger partial charge < -0.3 is 14.4 Å². The van der Waals surface area contributed by atoms with Gasteiger partial charge in [0, 0.05) is 18.7 Å². The van der Waals surface area contributed by atoms with Gasteiger partial charge in [0.05, 0.1) is 35.1 Å². The molecule has 1 aromatic rings. The summed E-state index contributed by atoms with van der Waals surface area (Å²) in [5, 5.41) is 0.763. The SMILES string of the molecule is CC(C)(C)OC(=O)N1CCOCC(c2ccc(Cl)c(Cl)c2)C1CS(C)(=O)=O. The van der Waals surface area contributed by atoms with E-state index in [9.17, 15) is 13.2 Å². The topological polar surface area (TPSA) is 72.9 Å². The lowest BCUT2D eigenvalue weighted by Crippen LogP contribution is -2.49. The average molecular weight is 438 g/mol. The van der Waals surface area contributed by atoms with Crippen LogP contribution in [0.4, 0.5) is 4.79 Å². The molecule has 0 aromatic heterocycles. The Morgan fingerprint density at radius 3 is 2.52 bits per heavy atom. The van der Waals surface area contributed by atoms with Crippen molar-refractivity contribution < 1.29 is 22.7 Å². The molecule has 0 N–H and O–H groups in total. The molecule has 0 saturated carbocycles. The quantitative estimate of drug-likeness (QED) is 0.719. The number of benzene rings is 1. The van der Waals surface area contributed by atoms with Crippen molar-refractivity contribution in [3.8, 4) is 0 Å². The van der Waals surface area contributed by atoms with E-state index >= 15 is 0 Å². The fraction of sp³-hybridized carbons (Fsp3) is 0.611. The number of ether oxygens (including phenoxy) is 2. The molecular weight excluding hydrogens is 413 g/mol. The molecule has 2 rings (SSSR count). The van der Waals surface area contributed by atoms with Crippen LogP contribution in [-0.4, -0.2) is 62.8 Å². The van der Waals surface area contributed by atoms with Gasteiger partial charge in [-0.2, -0.15) is 0 Å². The second kappa shape index (κ2) is 8.55. The molecule has 152 valence electrons. The highest BCUT2D eigenvalue weighted by Crippen LogP contribution is 2.32. The van der Waals surface area contributed by atoms with Gasteiger partial charge in [0.2, 0.25) is 0 Å². The van der Waals surface area contributed by atoms with E-state index in [1.807, 2.05) is 0 Å². The Kier molecular flexibility index (Phi) is 7.06. The molecule has 1 saturated heterocycles. The van der Waals surface area contributed by atoms with E-state index in [2.05, 4.69) is 0 Å². The number of halogens is 2. The van der Waals surface area contributed by atoms with Crippen molar-refractivity contribution in [2.24, 2.45) is 0 Å². The third kappa shape index (κ3) is 6.52. The highest BCUT2D eigenvalue weighted by atomic mass is 35.5. The molecule has 0 radical (unpaired) electrons. The van der Waals surface area contributed by atoms with Gasteiger partial charge in [-0.1, -0.05) is 29.3 Å². The van der Waals surface area contributed by atoms with E-state index in [4.69, 9.17) is 32.7 Å².